The van der Waals surface area contributed by atoms with Gasteiger partial charge in [0, 0.05) is 11.6 Å². The molecule has 2 aromatic carbocycles. The molecule has 92 valence electrons. The molecule has 4 aromatic rings. The van der Waals surface area contributed by atoms with Gasteiger partial charge in [-0.25, -0.2) is 4.98 Å². The van der Waals surface area contributed by atoms with Gasteiger partial charge in [-0.15, -0.1) is 0 Å². The summed E-state index contributed by atoms with van der Waals surface area (Å²) in [4.78, 5) is 4.81. The Morgan fingerprint density at radius 1 is 0.947 bits per heavy atom. The number of pyridine rings is 1. The van der Waals surface area contributed by atoms with Crippen LogP contribution in [-0.4, -0.2) is 9.38 Å². The van der Waals surface area contributed by atoms with Gasteiger partial charge in [-0.05, 0) is 42.5 Å². The van der Waals surface area contributed by atoms with Gasteiger partial charge in [0.2, 0.25) is 0 Å². The summed E-state index contributed by atoms with van der Waals surface area (Å²) in [5, 5.41) is 2.44. The molecule has 2 aromatic heterocycles. The molecule has 0 bridgehead atoms. The number of nitrogens with zero attached hydrogens (tertiary/aromatic N) is 2. The molecular formula is C17H14N2. The molecule has 0 N–H and O–H groups in total. The summed E-state index contributed by atoms with van der Waals surface area (Å²) in [6.07, 6.45) is 2.12. The lowest BCUT2D eigenvalue weighted by molar-refractivity contribution is 1.22. The van der Waals surface area contributed by atoms with Gasteiger partial charge in [0.05, 0.1) is 11.0 Å². The highest BCUT2D eigenvalue weighted by Crippen LogP contribution is 2.27. The molecule has 0 atom stereocenters. The quantitative estimate of drug-likeness (QED) is 0.453. The summed E-state index contributed by atoms with van der Waals surface area (Å²) < 4.78 is 2.21. The van der Waals surface area contributed by atoms with Gasteiger partial charge < -0.3 is 0 Å². The van der Waals surface area contributed by atoms with E-state index < -0.39 is 0 Å². The predicted octanol–water partition coefficient (Wildman–Crippen LogP) is 4.26. The lowest BCUT2D eigenvalue weighted by atomic mass is 10.1. The van der Waals surface area contributed by atoms with E-state index in [2.05, 4.69) is 66.9 Å². The third-order valence-corrected chi connectivity index (χ3v) is 3.98. The Morgan fingerprint density at radius 2 is 1.79 bits per heavy atom. The highest BCUT2D eigenvalue weighted by atomic mass is 15.0. The third-order valence-electron chi connectivity index (χ3n) is 3.98. The number of imidazole rings is 1. The largest absolute Gasteiger partial charge is 0.299 e. The second-order valence-corrected chi connectivity index (χ2v) is 5.08. The topological polar surface area (TPSA) is 17.3 Å². The fourth-order valence-electron chi connectivity index (χ4n) is 2.79. The Kier molecular flexibility index (Phi) is 1.99. The second kappa shape index (κ2) is 3.58. The zero-order valence-electron chi connectivity index (χ0n) is 11.0. The van der Waals surface area contributed by atoms with Crippen molar-refractivity contribution in [1.29, 1.82) is 0 Å². The molecule has 19 heavy (non-hydrogen) atoms. The van der Waals surface area contributed by atoms with Crippen molar-refractivity contribution < 1.29 is 0 Å². The van der Waals surface area contributed by atoms with E-state index in [9.17, 15) is 0 Å². The van der Waals surface area contributed by atoms with Crippen molar-refractivity contribution >= 4 is 27.5 Å². The van der Waals surface area contributed by atoms with Crippen molar-refractivity contribution in [3.05, 3.63) is 59.8 Å². The molecule has 0 aliphatic carbocycles. The molecule has 2 nitrogen and oxygen atoms in total. The fraction of sp³-hybridized carbons (Fsp3) is 0.118. The zero-order valence-corrected chi connectivity index (χ0v) is 11.0. The Morgan fingerprint density at radius 3 is 2.68 bits per heavy atom. The minimum atomic E-state index is 1.04. The first kappa shape index (κ1) is 10.6. The zero-order chi connectivity index (χ0) is 13.0. The monoisotopic (exact) mass is 246 g/mol. The van der Waals surface area contributed by atoms with Crippen LogP contribution in [0.2, 0.25) is 0 Å². The summed E-state index contributed by atoms with van der Waals surface area (Å²) in [5.41, 5.74) is 5.95. The molecule has 0 aliphatic heterocycles. The first-order valence-corrected chi connectivity index (χ1v) is 6.51. The van der Waals surface area contributed by atoms with Gasteiger partial charge in [0.15, 0.2) is 0 Å². The van der Waals surface area contributed by atoms with E-state index in [1.165, 1.54) is 27.4 Å². The number of aryl methyl sites for hydroxylation is 2. The molecule has 4 rings (SSSR count). The summed E-state index contributed by atoms with van der Waals surface area (Å²) in [6, 6.07) is 14.8. The van der Waals surface area contributed by atoms with E-state index in [0.29, 0.717) is 0 Å². The maximum atomic E-state index is 4.81. The van der Waals surface area contributed by atoms with Crippen molar-refractivity contribution in [2.24, 2.45) is 0 Å². The average Bonchev–Trinajstić information content (AvgIpc) is 2.82. The lowest BCUT2D eigenvalue weighted by Crippen LogP contribution is -1.89. The Bertz CT molecular complexity index is 932. The standard InChI is InChI=1S/C17H14N2/c1-11-7-8-15-16(12(11)2)19-10-9-13-5-3-4-6-14(13)17(19)18-15/h3-10H,1-2H3. The van der Waals surface area contributed by atoms with E-state index in [1.807, 2.05) is 0 Å². The molecule has 0 spiro atoms. The van der Waals surface area contributed by atoms with Crippen molar-refractivity contribution in [2.75, 3.05) is 0 Å². The van der Waals surface area contributed by atoms with Crippen LogP contribution in [0.3, 0.4) is 0 Å². The molecule has 0 aliphatic rings. The normalized spacial score (nSPS) is 11.7. The highest BCUT2D eigenvalue weighted by Gasteiger charge is 2.10. The van der Waals surface area contributed by atoms with Crippen LogP contribution < -0.4 is 0 Å². The first-order chi connectivity index (χ1) is 9.25. The van der Waals surface area contributed by atoms with Gasteiger partial charge >= 0.3 is 0 Å². The number of benzene rings is 2. The van der Waals surface area contributed by atoms with Gasteiger partial charge in [0.1, 0.15) is 5.65 Å². The van der Waals surface area contributed by atoms with Crippen LogP contribution in [0.15, 0.2) is 48.7 Å². The molecule has 0 radical (unpaired) electrons. The molecule has 0 saturated carbocycles. The Labute approximate surface area is 111 Å². The third kappa shape index (κ3) is 1.34. The molecule has 0 unspecified atom stereocenters. The van der Waals surface area contributed by atoms with Crippen molar-refractivity contribution in [2.45, 2.75) is 13.8 Å². The smallest absolute Gasteiger partial charge is 0.145 e. The van der Waals surface area contributed by atoms with Crippen LogP contribution in [0.4, 0.5) is 0 Å². The van der Waals surface area contributed by atoms with E-state index in [-0.39, 0.29) is 0 Å². The highest BCUT2D eigenvalue weighted by molar-refractivity contribution is 5.98. The van der Waals surface area contributed by atoms with Gasteiger partial charge in [-0.1, -0.05) is 30.3 Å². The van der Waals surface area contributed by atoms with Crippen molar-refractivity contribution in [3.63, 3.8) is 0 Å². The number of hydrogen-bond acceptors (Lipinski definition) is 1. The van der Waals surface area contributed by atoms with E-state index >= 15 is 0 Å². The van der Waals surface area contributed by atoms with Crippen LogP contribution in [-0.2, 0) is 0 Å². The second-order valence-electron chi connectivity index (χ2n) is 5.08. The SMILES string of the molecule is Cc1ccc2nc3c4ccccc4ccn3c2c1C. The molecule has 2 heterocycles. The van der Waals surface area contributed by atoms with Crippen LogP contribution in [0.1, 0.15) is 11.1 Å². The number of rotatable bonds is 0. The van der Waals surface area contributed by atoms with Crippen molar-refractivity contribution in [3.8, 4) is 0 Å². The molecule has 0 fully saturated rings. The molecule has 0 saturated heterocycles. The van der Waals surface area contributed by atoms with Crippen LogP contribution in [0.25, 0.3) is 27.5 Å². The van der Waals surface area contributed by atoms with E-state index in [0.717, 1.165) is 11.2 Å². The number of fused-ring (bicyclic) bond motifs is 5. The molecular weight excluding hydrogens is 232 g/mol. The summed E-state index contributed by atoms with van der Waals surface area (Å²) in [5.74, 6) is 0. The summed E-state index contributed by atoms with van der Waals surface area (Å²) in [7, 11) is 0. The van der Waals surface area contributed by atoms with Crippen LogP contribution >= 0.6 is 0 Å². The van der Waals surface area contributed by atoms with E-state index in [4.69, 9.17) is 4.98 Å². The average molecular weight is 246 g/mol. The minimum Gasteiger partial charge on any atom is -0.299 e. The molecule has 2 heteroatoms. The van der Waals surface area contributed by atoms with Gasteiger partial charge in [-0.3, -0.25) is 4.40 Å². The predicted molar refractivity (Wildman–Crippen MR) is 79.7 cm³/mol. The maximum Gasteiger partial charge on any atom is 0.145 e. The summed E-state index contributed by atoms with van der Waals surface area (Å²) >= 11 is 0. The minimum absolute atomic E-state index is 1.04. The lowest BCUT2D eigenvalue weighted by Gasteiger charge is -2.04. The number of hydrogen-bond donors (Lipinski definition) is 0. The van der Waals surface area contributed by atoms with Gasteiger partial charge in [0.25, 0.3) is 0 Å². The van der Waals surface area contributed by atoms with Crippen LogP contribution in [0.5, 0.6) is 0 Å². The first-order valence-electron chi connectivity index (χ1n) is 6.51. The fourth-order valence-corrected chi connectivity index (χ4v) is 2.79. The maximum absolute atomic E-state index is 4.81. The van der Waals surface area contributed by atoms with Gasteiger partial charge in [-0.2, -0.15) is 0 Å². The Hall–Kier alpha value is -2.35. The van der Waals surface area contributed by atoms with Crippen molar-refractivity contribution in [1.82, 2.24) is 9.38 Å². The molecule has 0 amide bonds. The van der Waals surface area contributed by atoms with E-state index in [1.54, 1.807) is 0 Å². The number of aromatic nitrogens is 2. The Balaban J connectivity index is 2.32. The summed E-state index contributed by atoms with van der Waals surface area (Å²) in [6.45, 7) is 4.32. The van der Waals surface area contributed by atoms with Crippen LogP contribution in [0, 0.1) is 13.8 Å².